The van der Waals surface area contributed by atoms with Crippen LogP contribution in [0, 0.1) is 13.8 Å². The molecule has 0 radical (unpaired) electrons. The highest BCUT2D eigenvalue weighted by atomic mass is 16.2. The largest absolute Gasteiger partial charge is 0.317 e. The van der Waals surface area contributed by atoms with Gasteiger partial charge in [-0.3, -0.25) is 9.59 Å². The van der Waals surface area contributed by atoms with Gasteiger partial charge in [0.2, 0.25) is 0 Å². The Bertz CT molecular complexity index is 1130. The third kappa shape index (κ3) is 3.21. The van der Waals surface area contributed by atoms with Crippen molar-refractivity contribution in [2.24, 2.45) is 0 Å². The number of carbonyl (C=O) groups is 2. The standard InChI is InChI=1S/C24H20N2O2/c1-15-11-13-17-7-3-5-9-19(17)21(15)25-23(27)24(28)26-22-16(2)12-14-18-8-4-6-10-20(18)22/h3-14H,1-2H3,(H,25,27)(H,26,28). The van der Waals surface area contributed by atoms with E-state index in [4.69, 9.17) is 0 Å². The van der Waals surface area contributed by atoms with Crippen molar-refractivity contribution in [1.29, 1.82) is 0 Å². The molecule has 0 spiro atoms. The number of nitrogens with one attached hydrogen (secondary N) is 2. The minimum Gasteiger partial charge on any atom is -0.317 e. The van der Waals surface area contributed by atoms with Crippen molar-refractivity contribution in [3.8, 4) is 0 Å². The van der Waals surface area contributed by atoms with Crippen LogP contribution in [0.2, 0.25) is 0 Å². The summed E-state index contributed by atoms with van der Waals surface area (Å²) in [5, 5.41) is 9.41. The van der Waals surface area contributed by atoms with Gasteiger partial charge in [-0.15, -0.1) is 0 Å². The number of aryl methyl sites for hydroxylation is 2. The van der Waals surface area contributed by atoms with E-state index in [0.717, 1.165) is 32.7 Å². The highest BCUT2D eigenvalue weighted by Crippen LogP contribution is 2.28. The van der Waals surface area contributed by atoms with E-state index in [9.17, 15) is 9.59 Å². The van der Waals surface area contributed by atoms with Crippen molar-refractivity contribution in [2.45, 2.75) is 13.8 Å². The molecule has 0 saturated carbocycles. The number of fused-ring (bicyclic) bond motifs is 2. The molecule has 4 nitrogen and oxygen atoms in total. The molecular formula is C24H20N2O2. The van der Waals surface area contributed by atoms with E-state index < -0.39 is 11.8 Å². The summed E-state index contributed by atoms with van der Waals surface area (Å²) in [4.78, 5) is 25.3. The molecule has 0 saturated heterocycles. The number of amides is 2. The molecule has 4 aromatic carbocycles. The van der Waals surface area contributed by atoms with E-state index >= 15 is 0 Å². The van der Waals surface area contributed by atoms with E-state index in [-0.39, 0.29) is 0 Å². The lowest BCUT2D eigenvalue weighted by molar-refractivity contribution is -0.132. The van der Waals surface area contributed by atoms with Gasteiger partial charge in [0, 0.05) is 10.8 Å². The number of carbonyl (C=O) groups excluding carboxylic acids is 2. The third-order valence-electron chi connectivity index (χ3n) is 4.96. The first kappa shape index (κ1) is 17.7. The van der Waals surface area contributed by atoms with Gasteiger partial charge in [-0.05, 0) is 35.7 Å². The van der Waals surface area contributed by atoms with E-state index in [0.29, 0.717) is 11.4 Å². The van der Waals surface area contributed by atoms with Crippen molar-refractivity contribution < 1.29 is 9.59 Å². The molecule has 0 aliphatic carbocycles. The van der Waals surface area contributed by atoms with Crippen LogP contribution in [-0.2, 0) is 9.59 Å². The van der Waals surface area contributed by atoms with Gasteiger partial charge in [0.25, 0.3) is 0 Å². The molecule has 2 amide bonds. The zero-order valence-corrected chi connectivity index (χ0v) is 15.7. The van der Waals surface area contributed by atoms with Gasteiger partial charge in [-0.25, -0.2) is 0 Å². The van der Waals surface area contributed by atoms with E-state index in [1.54, 1.807) is 0 Å². The summed E-state index contributed by atoms with van der Waals surface area (Å²) in [6, 6.07) is 23.4. The minimum atomic E-state index is -0.688. The molecule has 0 heterocycles. The van der Waals surface area contributed by atoms with Gasteiger partial charge in [0.15, 0.2) is 0 Å². The second kappa shape index (κ2) is 7.16. The van der Waals surface area contributed by atoms with Crippen LogP contribution in [-0.4, -0.2) is 11.8 Å². The molecule has 0 aliphatic rings. The predicted molar refractivity (Wildman–Crippen MR) is 115 cm³/mol. The predicted octanol–water partition coefficient (Wildman–Crippen LogP) is 5.19. The number of hydrogen-bond acceptors (Lipinski definition) is 2. The molecule has 4 rings (SSSR count). The fraction of sp³-hybridized carbons (Fsp3) is 0.0833. The number of rotatable bonds is 2. The number of benzene rings is 4. The zero-order chi connectivity index (χ0) is 19.7. The molecule has 0 unspecified atom stereocenters. The summed E-state index contributed by atoms with van der Waals surface area (Å²) < 4.78 is 0. The monoisotopic (exact) mass is 368 g/mol. The highest BCUT2D eigenvalue weighted by Gasteiger charge is 2.18. The van der Waals surface area contributed by atoms with Crippen molar-refractivity contribution in [2.75, 3.05) is 10.6 Å². The van der Waals surface area contributed by atoms with E-state index in [2.05, 4.69) is 10.6 Å². The Morgan fingerprint density at radius 2 is 0.964 bits per heavy atom. The highest BCUT2D eigenvalue weighted by molar-refractivity contribution is 6.44. The van der Waals surface area contributed by atoms with Crippen LogP contribution in [0.5, 0.6) is 0 Å². The molecular weight excluding hydrogens is 348 g/mol. The lowest BCUT2D eigenvalue weighted by Crippen LogP contribution is -2.29. The van der Waals surface area contributed by atoms with Crippen LogP contribution in [0.1, 0.15) is 11.1 Å². The van der Waals surface area contributed by atoms with Gasteiger partial charge < -0.3 is 10.6 Å². The van der Waals surface area contributed by atoms with Gasteiger partial charge in [-0.1, -0.05) is 72.8 Å². The van der Waals surface area contributed by atoms with Crippen LogP contribution < -0.4 is 10.6 Å². The first-order valence-corrected chi connectivity index (χ1v) is 9.13. The molecule has 0 fully saturated rings. The first-order chi connectivity index (χ1) is 13.5. The fourth-order valence-corrected chi connectivity index (χ4v) is 3.43. The molecule has 0 aromatic heterocycles. The Labute approximate surface area is 163 Å². The van der Waals surface area contributed by atoms with Crippen molar-refractivity contribution >= 4 is 44.7 Å². The number of hydrogen-bond donors (Lipinski definition) is 2. The number of anilines is 2. The maximum absolute atomic E-state index is 12.6. The molecule has 4 aromatic rings. The van der Waals surface area contributed by atoms with Crippen molar-refractivity contribution in [1.82, 2.24) is 0 Å². The fourth-order valence-electron chi connectivity index (χ4n) is 3.43. The van der Waals surface area contributed by atoms with Crippen LogP contribution in [0.25, 0.3) is 21.5 Å². The molecule has 0 aliphatic heterocycles. The normalized spacial score (nSPS) is 10.8. The quantitative estimate of drug-likeness (QED) is 0.479. The summed E-state index contributed by atoms with van der Waals surface area (Å²) in [6.07, 6.45) is 0. The molecule has 0 bridgehead atoms. The lowest BCUT2D eigenvalue weighted by Gasteiger charge is -2.14. The summed E-state index contributed by atoms with van der Waals surface area (Å²) >= 11 is 0. The Kier molecular flexibility index (Phi) is 4.53. The zero-order valence-electron chi connectivity index (χ0n) is 15.7. The van der Waals surface area contributed by atoms with Gasteiger partial charge in [0.1, 0.15) is 0 Å². The summed E-state index contributed by atoms with van der Waals surface area (Å²) in [5.74, 6) is -1.38. The smallest absolute Gasteiger partial charge is 0.314 e. The minimum absolute atomic E-state index is 0.660. The maximum atomic E-state index is 12.6. The second-order valence-corrected chi connectivity index (χ2v) is 6.87. The lowest BCUT2D eigenvalue weighted by atomic mass is 10.0. The average molecular weight is 368 g/mol. The Morgan fingerprint density at radius 3 is 1.39 bits per heavy atom. The second-order valence-electron chi connectivity index (χ2n) is 6.87. The van der Waals surface area contributed by atoms with Gasteiger partial charge >= 0.3 is 11.8 Å². The molecule has 4 heteroatoms. The molecule has 0 atom stereocenters. The Morgan fingerprint density at radius 1 is 0.571 bits per heavy atom. The van der Waals surface area contributed by atoms with Gasteiger partial charge in [-0.2, -0.15) is 0 Å². The van der Waals surface area contributed by atoms with Gasteiger partial charge in [0.05, 0.1) is 11.4 Å². The average Bonchev–Trinajstić information content (AvgIpc) is 2.72. The molecule has 138 valence electrons. The van der Waals surface area contributed by atoms with Crippen LogP contribution in [0.15, 0.2) is 72.8 Å². The van der Waals surface area contributed by atoms with Crippen molar-refractivity contribution in [3.05, 3.63) is 83.9 Å². The van der Waals surface area contributed by atoms with Crippen LogP contribution >= 0.6 is 0 Å². The summed E-state index contributed by atoms with van der Waals surface area (Å²) in [6.45, 7) is 3.82. The summed E-state index contributed by atoms with van der Waals surface area (Å²) in [7, 11) is 0. The maximum Gasteiger partial charge on any atom is 0.314 e. The third-order valence-corrected chi connectivity index (χ3v) is 4.96. The van der Waals surface area contributed by atoms with Crippen molar-refractivity contribution in [3.63, 3.8) is 0 Å². The van der Waals surface area contributed by atoms with Crippen LogP contribution in [0.4, 0.5) is 11.4 Å². The first-order valence-electron chi connectivity index (χ1n) is 9.13. The summed E-state index contributed by atoms with van der Waals surface area (Å²) in [5.41, 5.74) is 3.13. The molecule has 28 heavy (non-hydrogen) atoms. The van der Waals surface area contributed by atoms with Crippen LogP contribution in [0.3, 0.4) is 0 Å². The molecule has 2 N–H and O–H groups in total. The van der Waals surface area contributed by atoms with E-state index in [1.807, 2.05) is 86.6 Å². The SMILES string of the molecule is Cc1ccc2ccccc2c1NC(=O)C(=O)Nc1c(C)ccc2ccccc12. The topological polar surface area (TPSA) is 58.2 Å². The van der Waals surface area contributed by atoms with E-state index in [1.165, 1.54) is 0 Å². The Balaban J connectivity index is 1.63. The Hall–Kier alpha value is -3.66.